The highest BCUT2D eigenvalue weighted by Crippen LogP contribution is 2.22. The van der Waals surface area contributed by atoms with E-state index >= 15 is 0 Å². The van der Waals surface area contributed by atoms with Gasteiger partial charge in [0, 0.05) is 5.56 Å². The largest absolute Gasteiger partial charge is 0.494 e. The Morgan fingerprint density at radius 3 is 2.81 bits per heavy atom. The average molecular weight is 235 g/mol. The number of aromatic nitrogens is 2. The summed E-state index contributed by atoms with van der Waals surface area (Å²) in [6, 6.07) is 7.73. The maximum atomic E-state index is 5.68. The normalized spacial score (nSPS) is 10.1. The van der Waals surface area contributed by atoms with Crippen molar-refractivity contribution in [2.24, 2.45) is 0 Å². The zero-order valence-electron chi connectivity index (χ0n) is 8.85. The van der Waals surface area contributed by atoms with Gasteiger partial charge >= 0.3 is 0 Å². The van der Waals surface area contributed by atoms with Gasteiger partial charge in [-0.15, -0.1) is 0 Å². The van der Waals surface area contributed by atoms with Crippen LogP contribution in [0.25, 0.3) is 11.3 Å². The molecular formula is C12H11ClN2O. The van der Waals surface area contributed by atoms with E-state index in [9.17, 15) is 0 Å². The van der Waals surface area contributed by atoms with E-state index in [1.54, 1.807) is 6.20 Å². The first-order valence-electron chi connectivity index (χ1n) is 5.00. The van der Waals surface area contributed by atoms with Gasteiger partial charge in [-0.05, 0) is 19.1 Å². The number of rotatable bonds is 3. The second-order valence-corrected chi connectivity index (χ2v) is 3.57. The number of benzene rings is 1. The molecule has 0 saturated heterocycles. The lowest BCUT2D eigenvalue weighted by atomic mass is 10.1. The molecule has 0 atom stereocenters. The third-order valence-corrected chi connectivity index (χ3v) is 2.26. The molecule has 4 heteroatoms. The minimum Gasteiger partial charge on any atom is -0.494 e. The van der Waals surface area contributed by atoms with Crippen LogP contribution in [-0.4, -0.2) is 16.6 Å². The fourth-order valence-corrected chi connectivity index (χ4v) is 1.47. The lowest BCUT2D eigenvalue weighted by molar-refractivity contribution is 0.340. The van der Waals surface area contributed by atoms with Gasteiger partial charge in [-0.1, -0.05) is 23.7 Å². The average Bonchev–Trinajstić information content (AvgIpc) is 2.31. The maximum absolute atomic E-state index is 5.68. The van der Waals surface area contributed by atoms with Crippen molar-refractivity contribution in [3.63, 3.8) is 0 Å². The number of halogens is 1. The summed E-state index contributed by atoms with van der Waals surface area (Å²) in [5.74, 6) is 0.830. The van der Waals surface area contributed by atoms with Gasteiger partial charge in [-0.2, -0.15) is 0 Å². The van der Waals surface area contributed by atoms with Gasteiger partial charge in [-0.3, -0.25) is 4.98 Å². The van der Waals surface area contributed by atoms with Crippen LogP contribution in [0.4, 0.5) is 0 Å². The van der Waals surface area contributed by atoms with Crippen molar-refractivity contribution in [1.29, 1.82) is 0 Å². The summed E-state index contributed by atoms with van der Waals surface area (Å²) in [5.41, 5.74) is 1.75. The van der Waals surface area contributed by atoms with E-state index in [2.05, 4.69) is 9.97 Å². The van der Waals surface area contributed by atoms with Gasteiger partial charge in [0.25, 0.3) is 0 Å². The summed E-state index contributed by atoms with van der Waals surface area (Å²) in [4.78, 5) is 8.19. The molecule has 2 rings (SSSR count). The molecule has 0 bridgehead atoms. The Kier molecular flexibility index (Phi) is 3.37. The Bertz CT molecular complexity index is 471. The van der Waals surface area contributed by atoms with Gasteiger partial charge in [0.05, 0.1) is 24.7 Å². The van der Waals surface area contributed by atoms with E-state index in [1.165, 1.54) is 6.20 Å². The molecule has 0 aliphatic carbocycles. The van der Waals surface area contributed by atoms with Crippen molar-refractivity contribution < 1.29 is 4.74 Å². The van der Waals surface area contributed by atoms with Gasteiger partial charge in [0.2, 0.25) is 0 Å². The number of hydrogen-bond donors (Lipinski definition) is 0. The molecular weight excluding hydrogens is 224 g/mol. The first-order valence-corrected chi connectivity index (χ1v) is 5.38. The molecule has 16 heavy (non-hydrogen) atoms. The van der Waals surface area contributed by atoms with E-state index in [-0.39, 0.29) is 0 Å². The van der Waals surface area contributed by atoms with Crippen molar-refractivity contribution in [3.8, 4) is 17.0 Å². The van der Waals surface area contributed by atoms with Crippen LogP contribution in [0.3, 0.4) is 0 Å². The lowest BCUT2D eigenvalue weighted by Gasteiger charge is -2.05. The van der Waals surface area contributed by atoms with Crippen molar-refractivity contribution in [3.05, 3.63) is 41.8 Å². The first kappa shape index (κ1) is 10.9. The van der Waals surface area contributed by atoms with E-state index in [1.807, 2.05) is 31.2 Å². The van der Waals surface area contributed by atoms with Gasteiger partial charge < -0.3 is 4.74 Å². The van der Waals surface area contributed by atoms with E-state index in [0.717, 1.165) is 17.0 Å². The van der Waals surface area contributed by atoms with Gasteiger partial charge in [0.15, 0.2) is 0 Å². The first-order chi connectivity index (χ1) is 7.79. The molecule has 2 aromatic rings. The maximum Gasteiger partial charge on any atom is 0.147 e. The second kappa shape index (κ2) is 4.94. The second-order valence-electron chi connectivity index (χ2n) is 3.19. The Morgan fingerprint density at radius 1 is 1.25 bits per heavy atom. The highest BCUT2D eigenvalue weighted by Gasteiger charge is 2.01. The number of ether oxygens (including phenoxy) is 1. The Labute approximate surface area is 99.1 Å². The summed E-state index contributed by atoms with van der Waals surface area (Å²) in [6.07, 6.45) is 3.18. The van der Waals surface area contributed by atoms with E-state index < -0.39 is 0 Å². The lowest BCUT2D eigenvalue weighted by Crippen LogP contribution is -1.92. The Balaban J connectivity index is 2.32. The minimum absolute atomic E-state index is 0.393. The van der Waals surface area contributed by atoms with Crippen molar-refractivity contribution >= 4 is 11.6 Å². The molecule has 0 aliphatic rings. The molecule has 82 valence electrons. The number of nitrogens with zero attached hydrogens (tertiary/aromatic N) is 2. The van der Waals surface area contributed by atoms with Crippen LogP contribution in [0.15, 0.2) is 36.7 Å². The van der Waals surface area contributed by atoms with Gasteiger partial charge in [-0.25, -0.2) is 4.98 Å². The highest BCUT2D eigenvalue weighted by atomic mass is 35.5. The summed E-state index contributed by atoms with van der Waals surface area (Å²) < 4.78 is 5.42. The third kappa shape index (κ3) is 2.49. The fraction of sp³-hybridized carbons (Fsp3) is 0.167. The summed E-state index contributed by atoms with van der Waals surface area (Å²) >= 11 is 5.68. The molecule has 0 radical (unpaired) electrons. The molecule has 1 aromatic heterocycles. The summed E-state index contributed by atoms with van der Waals surface area (Å²) in [6.45, 7) is 2.60. The molecule has 1 heterocycles. The Morgan fingerprint density at radius 2 is 2.12 bits per heavy atom. The minimum atomic E-state index is 0.393. The molecule has 0 amide bonds. The molecule has 0 saturated carbocycles. The molecule has 0 unspecified atom stereocenters. The quantitative estimate of drug-likeness (QED) is 0.818. The fourth-order valence-electron chi connectivity index (χ4n) is 1.37. The zero-order chi connectivity index (χ0) is 11.4. The molecule has 3 nitrogen and oxygen atoms in total. The monoisotopic (exact) mass is 234 g/mol. The van der Waals surface area contributed by atoms with Crippen molar-refractivity contribution in [2.75, 3.05) is 6.61 Å². The topological polar surface area (TPSA) is 35.0 Å². The van der Waals surface area contributed by atoms with Crippen molar-refractivity contribution in [1.82, 2.24) is 9.97 Å². The van der Waals surface area contributed by atoms with Crippen LogP contribution >= 0.6 is 11.6 Å². The van der Waals surface area contributed by atoms with E-state index in [4.69, 9.17) is 16.3 Å². The molecule has 0 fully saturated rings. The van der Waals surface area contributed by atoms with Crippen LogP contribution in [0.1, 0.15) is 6.92 Å². The highest BCUT2D eigenvalue weighted by molar-refractivity contribution is 6.29. The van der Waals surface area contributed by atoms with Crippen LogP contribution in [-0.2, 0) is 0 Å². The summed E-state index contributed by atoms with van der Waals surface area (Å²) in [5, 5.41) is 0.393. The standard InChI is InChI=1S/C12H11ClN2O/c1-2-16-10-5-3-4-9(6-10)11-7-15-12(13)8-14-11/h3-8H,2H2,1H3. The molecule has 0 aliphatic heterocycles. The molecule has 0 spiro atoms. The molecule has 0 N–H and O–H groups in total. The molecule has 1 aromatic carbocycles. The van der Waals surface area contributed by atoms with Gasteiger partial charge in [0.1, 0.15) is 10.9 Å². The SMILES string of the molecule is CCOc1cccc(-c2cnc(Cl)cn2)c1. The van der Waals surface area contributed by atoms with Crippen LogP contribution in [0, 0.1) is 0 Å². The zero-order valence-corrected chi connectivity index (χ0v) is 9.61. The summed E-state index contributed by atoms with van der Waals surface area (Å²) in [7, 11) is 0. The van der Waals surface area contributed by atoms with Crippen molar-refractivity contribution in [2.45, 2.75) is 6.92 Å². The number of hydrogen-bond acceptors (Lipinski definition) is 3. The predicted octanol–water partition coefficient (Wildman–Crippen LogP) is 3.20. The third-order valence-electron chi connectivity index (χ3n) is 2.06. The Hall–Kier alpha value is -1.61. The predicted molar refractivity (Wildman–Crippen MR) is 63.6 cm³/mol. The van der Waals surface area contributed by atoms with E-state index in [0.29, 0.717) is 11.8 Å². The van der Waals surface area contributed by atoms with Crippen LogP contribution in [0.2, 0.25) is 5.15 Å². The smallest absolute Gasteiger partial charge is 0.147 e. The van der Waals surface area contributed by atoms with Crippen LogP contribution in [0.5, 0.6) is 5.75 Å². The van der Waals surface area contributed by atoms with Crippen LogP contribution < -0.4 is 4.74 Å².